The summed E-state index contributed by atoms with van der Waals surface area (Å²) in [6.07, 6.45) is 2.98. The fraction of sp³-hybridized carbons (Fsp3) is 0.0769. The first-order valence-electron chi connectivity index (χ1n) is 5.07. The highest BCUT2D eigenvalue weighted by atomic mass is 19.1. The topological polar surface area (TPSA) is 50.2 Å². The number of aliphatic carboxylic acids is 1. The van der Waals surface area contributed by atoms with E-state index in [1.54, 1.807) is 18.2 Å². The molecule has 0 aliphatic carbocycles. The van der Waals surface area contributed by atoms with Crippen molar-refractivity contribution in [1.29, 1.82) is 0 Å². The molecule has 0 aliphatic rings. The second-order valence-electron chi connectivity index (χ2n) is 3.57. The molecule has 0 aliphatic heterocycles. The molecule has 1 heterocycles. The van der Waals surface area contributed by atoms with Crippen molar-refractivity contribution in [1.82, 2.24) is 4.98 Å². The second kappa shape index (κ2) is 4.74. The van der Waals surface area contributed by atoms with E-state index in [9.17, 15) is 14.3 Å². The molecule has 1 aromatic heterocycles. The Morgan fingerprint density at radius 3 is 2.41 bits per heavy atom. The van der Waals surface area contributed by atoms with Crippen LogP contribution in [0.25, 0.3) is 0 Å². The molecular formula is C13H10FNO2. The van der Waals surface area contributed by atoms with Gasteiger partial charge < -0.3 is 5.11 Å². The largest absolute Gasteiger partial charge is 0.481 e. The quantitative estimate of drug-likeness (QED) is 0.882. The number of rotatable bonds is 3. The summed E-state index contributed by atoms with van der Waals surface area (Å²) in [5.41, 5.74) is 0.670. The number of benzene rings is 1. The number of nitrogens with zero attached hydrogens (tertiary/aromatic N) is 1. The SMILES string of the molecule is O=C(O)C(c1ccncc1)c1ccccc1F. The van der Waals surface area contributed by atoms with Crippen molar-refractivity contribution in [3.8, 4) is 0 Å². The molecule has 17 heavy (non-hydrogen) atoms. The lowest BCUT2D eigenvalue weighted by Crippen LogP contribution is -2.14. The molecule has 0 bridgehead atoms. The van der Waals surface area contributed by atoms with Gasteiger partial charge in [-0.1, -0.05) is 18.2 Å². The predicted octanol–water partition coefficient (Wildman–Crippen LogP) is 2.44. The molecule has 1 aromatic carbocycles. The third-order valence-corrected chi connectivity index (χ3v) is 2.50. The van der Waals surface area contributed by atoms with Gasteiger partial charge in [0.2, 0.25) is 0 Å². The average Bonchev–Trinajstić information content (AvgIpc) is 2.33. The van der Waals surface area contributed by atoms with Crippen LogP contribution in [0.3, 0.4) is 0 Å². The normalized spacial score (nSPS) is 12.1. The van der Waals surface area contributed by atoms with Gasteiger partial charge in [-0.15, -0.1) is 0 Å². The molecule has 3 nitrogen and oxygen atoms in total. The van der Waals surface area contributed by atoms with Crippen LogP contribution in [0.1, 0.15) is 17.0 Å². The number of aromatic nitrogens is 1. The van der Waals surface area contributed by atoms with Gasteiger partial charge in [-0.2, -0.15) is 0 Å². The van der Waals surface area contributed by atoms with Crippen molar-refractivity contribution in [2.24, 2.45) is 0 Å². The monoisotopic (exact) mass is 231 g/mol. The molecule has 0 spiro atoms. The molecule has 2 rings (SSSR count). The first-order valence-corrected chi connectivity index (χ1v) is 5.07. The van der Waals surface area contributed by atoms with E-state index in [1.165, 1.54) is 30.6 Å². The molecule has 4 heteroatoms. The molecule has 0 amide bonds. The average molecular weight is 231 g/mol. The third kappa shape index (κ3) is 2.30. The van der Waals surface area contributed by atoms with Crippen molar-refractivity contribution >= 4 is 5.97 Å². The van der Waals surface area contributed by atoms with Crippen molar-refractivity contribution in [3.05, 3.63) is 65.7 Å². The highest BCUT2D eigenvalue weighted by Gasteiger charge is 2.24. The lowest BCUT2D eigenvalue weighted by molar-refractivity contribution is -0.137. The van der Waals surface area contributed by atoms with E-state index in [-0.39, 0.29) is 5.56 Å². The van der Waals surface area contributed by atoms with Crippen molar-refractivity contribution in [2.45, 2.75) is 5.92 Å². The van der Waals surface area contributed by atoms with Crippen LogP contribution in [0, 0.1) is 5.82 Å². The highest BCUT2D eigenvalue weighted by Crippen LogP contribution is 2.26. The molecular weight excluding hydrogens is 221 g/mol. The van der Waals surface area contributed by atoms with Gasteiger partial charge in [0.1, 0.15) is 11.7 Å². The summed E-state index contributed by atoms with van der Waals surface area (Å²) in [5, 5.41) is 9.22. The first-order chi connectivity index (χ1) is 8.20. The van der Waals surface area contributed by atoms with Crippen LogP contribution in [0.5, 0.6) is 0 Å². The summed E-state index contributed by atoms with van der Waals surface area (Å²) < 4.78 is 13.6. The molecule has 1 unspecified atom stereocenters. The maximum Gasteiger partial charge on any atom is 0.315 e. The molecule has 1 N–H and O–H groups in total. The smallest absolute Gasteiger partial charge is 0.315 e. The van der Waals surface area contributed by atoms with Gasteiger partial charge in [-0.3, -0.25) is 9.78 Å². The Balaban J connectivity index is 2.51. The predicted molar refractivity (Wildman–Crippen MR) is 60.1 cm³/mol. The van der Waals surface area contributed by atoms with Gasteiger partial charge >= 0.3 is 5.97 Å². The van der Waals surface area contributed by atoms with Crippen LogP contribution in [-0.2, 0) is 4.79 Å². The Hall–Kier alpha value is -2.23. The fourth-order valence-corrected chi connectivity index (χ4v) is 1.72. The van der Waals surface area contributed by atoms with Gasteiger partial charge in [0, 0.05) is 18.0 Å². The minimum absolute atomic E-state index is 0.159. The number of pyridine rings is 1. The minimum atomic E-state index is -1.08. The highest BCUT2D eigenvalue weighted by molar-refractivity contribution is 5.80. The first kappa shape index (κ1) is 11.3. The Morgan fingerprint density at radius 1 is 1.18 bits per heavy atom. The number of hydrogen-bond donors (Lipinski definition) is 1. The zero-order valence-corrected chi connectivity index (χ0v) is 8.88. The summed E-state index contributed by atoms with van der Waals surface area (Å²) in [6, 6.07) is 9.04. The van der Waals surface area contributed by atoms with Gasteiger partial charge in [0.05, 0.1) is 0 Å². The summed E-state index contributed by atoms with van der Waals surface area (Å²) in [4.78, 5) is 15.1. The zero-order chi connectivity index (χ0) is 12.3. The van der Waals surface area contributed by atoms with Crippen LogP contribution >= 0.6 is 0 Å². The van der Waals surface area contributed by atoms with E-state index in [0.717, 1.165) is 0 Å². The molecule has 0 saturated heterocycles. The van der Waals surface area contributed by atoms with E-state index in [0.29, 0.717) is 5.56 Å². The number of carboxylic acid groups (broad SMARTS) is 1. The summed E-state index contributed by atoms with van der Waals surface area (Å²) in [6.45, 7) is 0. The minimum Gasteiger partial charge on any atom is -0.481 e. The maximum atomic E-state index is 13.6. The van der Waals surface area contributed by atoms with E-state index in [1.807, 2.05) is 0 Å². The lowest BCUT2D eigenvalue weighted by Gasteiger charge is -2.13. The Labute approximate surface area is 97.6 Å². The summed E-state index contributed by atoms with van der Waals surface area (Å²) in [7, 11) is 0. The van der Waals surface area contributed by atoms with E-state index < -0.39 is 17.7 Å². The van der Waals surface area contributed by atoms with Gasteiger partial charge in [0.25, 0.3) is 0 Å². The molecule has 1 atom stereocenters. The van der Waals surface area contributed by atoms with Gasteiger partial charge in [-0.05, 0) is 23.8 Å². The molecule has 2 aromatic rings. The Bertz CT molecular complexity index is 528. The van der Waals surface area contributed by atoms with Crippen LogP contribution in [-0.4, -0.2) is 16.1 Å². The third-order valence-electron chi connectivity index (χ3n) is 2.50. The maximum absolute atomic E-state index is 13.6. The Morgan fingerprint density at radius 2 is 1.82 bits per heavy atom. The standard InChI is InChI=1S/C13H10FNO2/c14-11-4-2-1-3-10(11)12(13(16)17)9-5-7-15-8-6-9/h1-8,12H,(H,16,17). The summed E-state index contributed by atoms with van der Waals surface area (Å²) >= 11 is 0. The van der Waals surface area contributed by atoms with E-state index >= 15 is 0 Å². The van der Waals surface area contributed by atoms with Gasteiger partial charge in [-0.25, -0.2) is 4.39 Å². The number of hydrogen-bond acceptors (Lipinski definition) is 2. The van der Waals surface area contributed by atoms with Crippen molar-refractivity contribution in [3.63, 3.8) is 0 Å². The molecule has 0 fully saturated rings. The van der Waals surface area contributed by atoms with Crippen LogP contribution in [0.4, 0.5) is 4.39 Å². The molecule has 0 saturated carbocycles. The molecule has 86 valence electrons. The van der Waals surface area contributed by atoms with Crippen molar-refractivity contribution in [2.75, 3.05) is 0 Å². The molecule has 0 radical (unpaired) electrons. The van der Waals surface area contributed by atoms with E-state index in [2.05, 4.69) is 4.98 Å². The summed E-state index contributed by atoms with van der Waals surface area (Å²) in [5.74, 6) is -2.60. The zero-order valence-electron chi connectivity index (χ0n) is 8.88. The second-order valence-corrected chi connectivity index (χ2v) is 3.57. The van der Waals surface area contributed by atoms with Gasteiger partial charge in [0.15, 0.2) is 0 Å². The van der Waals surface area contributed by atoms with Crippen LogP contribution < -0.4 is 0 Å². The number of carbonyl (C=O) groups is 1. The van der Waals surface area contributed by atoms with Crippen molar-refractivity contribution < 1.29 is 14.3 Å². The lowest BCUT2D eigenvalue weighted by atomic mass is 9.92. The Kier molecular flexibility index (Phi) is 3.14. The van der Waals surface area contributed by atoms with Crippen LogP contribution in [0.2, 0.25) is 0 Å². The fourth-order valence-electron chi connectivity index (χ4n) is 1.72. The number of halogens is 1. The van der Waals surface area contributed by atoms with Crippen LogP contribution in [0.15, 0.2) is 48.8 Å². The van der Waals surface area contributed by atoms with E-state index in [4.69, 9.17) is 0 Å². The number of carboxylic acids is 1.